The first-order valence-electron chi connectivity index (χ1n) is 7.78. The van der Waals surface area contributed by atoms with Gasteiger partial charge in [0, 0.05) is 19.7 Å². The molecule has 0 aliphatic carbocycles. The maximum atomic E-state index is 12.4. The predicted molar refractivity (Wildman–Crippen MR) is 95.3 cm³/mol. The molecule has 2 amide bonds. The van der Waals surface area contributed by atoms with E-state index in [1.807, 2.05) is 0 Å². The normalized spacial score (nSPS) is 10.3. The lowest BCUT2D eigenvalue weighted by Gasteiger charge is -2.18. The molecule has 0 atom stereocenters. The van der Waals surface area contributed by atoms with Gasteiger partial charge in [-0.2, -0.15) is 0 Å². The number of primary amides is 1. The summed E-state index contributed by atoms with van der Waals surface area (Å²) in [5, 5.41) is 11.0. The number of aromatic nitrogens is 1. The van der Waals surface area contributed by atoms with Crippen molar-refractivity contribution in [1.82, 2.24) is 9.47 Å². The molecule has 0 saturated heterocycles. The molecule has 0 radical (unpaired) electrons. The van der Waals surface area contributed by atoms with Crippen LogP contribution in [0.3, 0.4) is 0 Å². The number of pyridine rings is 1. The fraction of sp³-hybridized carbons (Fsp3) is 0.235. The number of hydrogen-bond donors (Lipinski definition) is 1. The van der Waals surface area contributed by atoms with Gasteiger partial charge in [0.05, 0.1) is 18.2 Å². The topological polar surface area (TPSA) is 138 Å². The Bertz CT molecular complexity index is 953. The van der Waals surface area contributed by atoms with Crippen LogP contribution in [0, 0.1) is 10.1 Å². The van der Waals surface area contributed by atoms with E-state index < -0.39 is 40.1 Å². The first kappa shape index (κ1) is 19.6. The zero-order valence-corrected chi connectivity index (χ0v) is 14.7. The van der Waals surface area contributed by atoms with Crippen molar-refractivity contribution in [3.8, 4) is 5.75 Å². The maximum Gasteiger partial charge on any atom is 0.286 e. The molecule has 0 aliphatic rings. The lowest BCUT2D eigenvalue weighted by molar-refractivity contribution is -0.385. The third-order valence-corrected chi connectivity index (χ3v) is 3.83. The molecule has 1 heterocycles. The van der Waals surface area contributed by atoms with Crippen LogP contribution in [0.5, 0.6) is 5.75 Å². The van der Waals surface area contributed by atoms with Crippen LogP contribution < -0.4 is 16.0 Å². The first-order valence-corrected chi connectivity index (χ1v) is 7.78. The number of hydrogen-bond acceptors (Lipinski definition) is 6. The van der Waals surface area contributed by atoms with Gasteiger partial charge in [0.15, 0.2) is 0 Å². The van der Waals surface area contributed by atoms with Gasteiger partial charge >= 0.3 is 0 Å². The molecule has 142 valence electrons. The zero-order valence-electron chi connectivity index (χ0n) is 14.7. The molecule has 1 aromatic carbocycles. The molecule has 10 nitrogen and oxygen atoms in total. The lowest BCUT2D eigenvalue weighted by atomic mass is 10.2. The van der Waals surface area contributed by atoms with E-state index in [1.54, 1.807) is 24.3 Å². The van der Waals surface area contributed by atoms with E-state index >= 15 is 0 Å². The van der Waals surface area contributed by atoms with Crippen molar-refractivity contribution in [3.05, 3.63) is 68.1 Å². The average molecular weight is 374 g/mol. The highest BCUT2D eigenvalue weighted by atomic mass is 16.6. The number of likely N-dealkylation sites (N-methyl/N-ethyl adjacent to an activating group) is 1. The van der Waals surface area contributed by atoms with Crippen molar-refractivity contribution < 1.29 is 19.2 Å². The van der Waals surface area contributed by atoms with Gasteiger partial charge in [0.25, 0.3) is 17.2 Å². The molecule has 0 bridgehead atoms. The van der Waals surface area contributed by atoms with Gasteiger partial charge in [-0.25, -0.2) is 0 Å². The highest BCUT2D eigenvalue weighted by Crippen LogP contribution is 2.14. The molecular formula is C17H18N4O6. The quantitative estimate of drug-likeness (QED) is 0.554. The Kier molecular flexibility index (Phi) is 5.91. The first-order chi connectivity index (χ1) is 12.7. The van der Waals surface area contributed by atoms with Crippen LogP contribution in [0.2, 0.25) is 0 Å². The van der Waals surface area contributed by atoms with E-state index in [0.29, 0.717) is 5.75 Å². The van der Waals surface area contributed by atoms with Crippen molar-refractivity contribution >= 4 is 17.5 Å². The number of benzene rings is 1. The molecule has 0 fully saturated rings. The molecule has 2 rings (SSSR count). The molecule has 27 heavy (non-hydrogen) atoms. The second kappa shape index (κ2) is 8.13. The third-order valence-electron chi connectivity index (χ3n) is 3.83. The Morgan fingerprint density at radius 2 is 2.04 bits per heavy atom. The van der Waals surface area contributed by atoms with Crippen LogP contribution in [0.4, 0.5) is 5.69 Å². The van der Waals surface area contributed by atoms with Gasteiger partial charge in [-0.05, 0) is 17.7 Å². The second-order valence-electron chi connectivity index (χ2n) is 5.77. The van der Waals surface area contributed by atoms with E-state index in [-0.39, 0.29) is 6.54 Å². The summed E-state index contributed by atoms with van der Waals surface area (Å²) < 4.78 is 5.93. The van der Waals surface area contributed by atoms with E-state index in [9.17, 15) is 24.5 Å². The van der Waals surface area contributed by atoms with Crippen LogP contribution in [-0.4, -0.2) is 40.4 Å². The van der Waals surface area contributed by atoms with Gasteiger partial charge in [-0.15, -0.1) is 0 Å². The van der Waals surface area contributed by atoms with Crippen molar-refractivity contribution in [1.29, 1.82) is 0 Å². The van der Waals surface area contributed by atoms with Crippen molar-refractivity contribution in [2.45, 2.75) is 13.1 Å². The van der Waals surface area contributed by atoms with Crippen molar-refractivity contribution in [2.24, 2.45) is 5.73 Å². The van der Waals surface area contributed by atoms with E-state index in [4.69, 9.17) is 10.5 Å². The number of carbonyl (C=O) groups is 2. The summed E-state index contributed by atoms with van der Waals surface area (Å²) in [6, 6.07) is 7.90. The molecular weight excluding hydrogens is 356 g/mol. The van der Waals surface area contributed by atoms with Gasteiger partial charge in [0.2, 0.25) is 5.91 Å². The average Bonchev–Trinajstić information content (AvgIpc) is 2.62. The summed E-state index contributed by atoms with van der Waals surface area (Å²) in [4.78, 5) is 47.6. The second-order valence-corrected chi connectivity index (χ2v) is 5.77. The molecule has 0 aliphatic heterocycles. The van der Waals surface area contributed by atoms with Gasteiger partial charge in [-0.3, -0.25) is 29.1 Å². The Morgan fingerprint density at radius 3 is 2.63 bits per heavy atom. The molecule has 2 aromatic rings. The van der Waals surface area contributed by atoms with Crippen molar-refractivity contribution in [2.75, 3.05) is 14.2 Å². The molecule has 0 saturated carbocycles. The molecule has 10 heteroatoms. The largest absolute Gasteiger partial charge is 0.497 e. The fourth-order valence-corrected chi connectivity index (χ4v) is 2.41. The Balaban J connectivity index is 2.24. The van der Waals surface area contributed by atoms with Crippen LogP contribution in [-0.2, 0) is 17.9 Å². The number of carbonyl (C=O) groups excluding carboxylic acids is 2. The number of amides is 2. The number of nitrogens with two attached hydrogens (primary N) is 1. The van der Waals surface area contributed by atoms with Gasteiger partial charge in [0.1, 0.15) is 17.9 Å². The minimum absolute atomic E-state index is 0.238. The number of nitrogens with zero attached hydrogens (tertiary/aromatic N) is 3. The molecule has 0 unspecified atom stereocenters. The van der Waals surface area contributed by atoms with E-state index in [2.05, 4.69) is 0 Å². The summed E-state index contributed by atoms with van der Waals surface area (Å²) in [5.41, 5.74) is 3.97. The summed E-state index contributed by atoms with van der Waals surface area (Å²) >= 11 is 0. The van der Waals surface area contributed by atoms with Gasteiger partial charge in [-0.1, -0.05) is 12.1 Å². The smallest absolute Gasteiger partial charge is 0.286 e. The summed E-state index contributed by atoms with van der Waals surface area (Å²) in [7, 11) is 3.05. The highest BCUT2D eigenvalue weighted by molar-refractivity contribution is 5.93. The fourth-order valence-electron chi connectivity index (χ4n) is 2.41. The van der Waals surface area contributed by atoms with Crippen molar-refractivity contribution in [3.63, 3.8) is 0 Å². The number of methoxy groups -OCH3 is 1. The molecule has 0 spiro atoms. The van der Waals surface area contributed by atoms with Crippen LogP contribution >= 0.6 is 0 Å². The van der Waals surface area contributed by atoms with Crippen LogP contribution in [0.15, 0.2) is 41.3 Å². The van der Waals surface area contributed by atoms with Crippen LogP contribution in [0.25, 0.3) is 0 Å². The Hall–Kier alpha value is -3.69. The minimum atomic E-state index is -1.10. The maximum absolute atomic E-state index is 12.4. The van der Waals surface area contributed by atoms with Gasteiger partial charge < -0.3 is 15.4 Å². The lowest BCUT2D eigenvalue weighted by Crippen LogP contribution is -2.36. The minimum Gasteiger partial charge on any atom is -0.497 e. The zero-order chi connectivity index (χ0) is 20.1. The Labute approximate surface area is 153 Å². The Morgan fingerprint density at radius 1 is 1.33 bits per heavy atom. The SMILES string of the molecule is COc1cccc(CN(C)C(=O)Cn2cc([N+](=O)[O-])cc(C(N)=O)c2=O)c1. The number of nitro groups is 1. The van der Waals surface area contributed by atoms with E-state index in [0.717, 1.165) is 22.4 Å². The standard InChI is InChI=1S/C17H18N4O6/c1-19(8-11-4-3-5-13(6-11)27-2)15(22)10-20-9-12(21(25)26)7-14(16(18)23)17(20)24/h3-7,9H,8,10H2,1-2H3,(H2,18,23). The highest BCUT2D eigenvalue weighted by Gasteiger charge is 2.20. The summed E-state index contributed by atoms with van der Waals surface area (Å²) in [6.07, 6.45) is 0.909. The summed E-state index contributed by atoms with van der Waals surface area (Å²) in [5.74, 6) is -0.945. The number of rotatable bonds is 7. The molecule has 1 aromatic heterocycles. The predicted octanol–water partition coefficient (Wildman–Crippen LogP) is 0.523. The summed E-state index contributed by atoms with van der Waals surface area (Å²) in [6.45, 7) is -0.232. The monoisotopic (exact) mass is 374 g/mol. The third kappa shape index (κ3) is 4.69. The van der Waals surface area contributed by atoms with Crippen LogP contribution in [0.1, 0.15) is 15.9 Å². The molecule has 2 N–H and O–H groups in total. The van der Waals surface area contributed by atoms with E-state index in [1.165, 1.54) is 19.1 Å². The number of ether oxygens (including phenoxy) is 1.